The van der Waals surface area contributed by atoms with E-state index in [1.54, 1.807) is 11.8 Å². The summed E-state index contributed by atoms with van der Waals surface area (Å²) in [4.78, 5) is 9.37. The number of fused-ring (bicyclic) bond motifs is 3. The Morgan fingerprint density at radius 3 is 2.83 bits per heavy atom. The van der Waals surface area contributed by atoms with Gasteiger partial charge < -0.3 is 9.73 Å². The number of para-hydroxylation sites is 1. The molecule has 0 unspecified atom stereocenters. The minimum absolute atomic E-state index is 0.587. The second-order valence-electron chi connectivity index (χ2n) is 5.59. The smallest absolute Gasteiger partial charge is 0.412 e. The first kappa shape index (κ1) is 14.4. The molecule has 0 radical (unpaired) electrons. The molecule has 0 amide bonds. The summed E-state index contributed by atoms with van der Waals surface area (Å²) in [5.74, 6) is 1.52. The van der Waals surface area contributed by atoms with E-state index >= 15 is 0 Å². The van der Waals surface area contributed by atoms with Crippen molar-refractivity contribution in [3.05, 3.63) is 59.8 Å². The maximum absolute atomic E-state index is 5.27. The first-order valence-electron chi connectivity index (χ1n) is 7.67. The van der Waals surface area contributed by atoms with E-state index in [4.69, 9.17) is 4.74 Å². The van der Waals surface area contributed by atoms with Crippen LogP contribution in [0.25, 0.3) is 16.7 Å². The van der Waals surface area contributed by atoms with E-state index in [9.17, 15) is 0 Å². The average molecular weight is 319 g/mol. The van der Waals surface area contributed by atoms with Gasteiger partial charge in [0.2, 0.25) is 0 Å². The molecule has 0 saturated heterocycles. The zero-order chi connectivity index (χ0) is 16.7. The molecule has 0 atom stereocenters. The lowest BCUT2D eigenvalue weighted by atomic mass is 10.2. The summed E-state index contributed by atoms with van der Waals surface area (Å²) < 4.78 is 8.99. The Labute approximate surface area is 138 Å². The molecule has 0 aliphatic rings. The highest BCUT2D eigenvalue weighted by Crippen LogP contribution is 2.19. The Kier molecular flexibility index (Phi) is 3.30. The summed E-state index contributed by atoms with van der Waals surface area (Å²) in [6.45, 7) is 2.01. The molecule has 6 nitrogen and oxygen atoms in total. The number of nitrogens with zero attached hydrogens (tertiary/aromatic N) is 5. The van der Waals surface area contributed by atoms with Gasteiger partial charge in [-0.05, 0) is 36.9 Å². The van der Waals surface area contributed by atoms with Crippen LogP contribution >= 0.6 is 0 Å². The van der Waals surface area contributed by atoms with E-state index in [0.717, 1.165) is 33.8 Å². The predicted octanol–water partition coefficient (Wildman–Crippen LogP) is 1.82. The maximum Gasteiger partial charge on any atom is 0.412 e. The summed E-state index contributed by atoms with van der Waals surface area (Å²) in [6.07, 6.45) is 0. The van der Waals surface area contributed by atoms with Gasteiger partial charge in [-0.3, -0.25) is 0 Å². The fourth-order valence-electron chi connectivity index (χ4n) is 2.85. The highest BCUT2D eigenvalue weighted by Gasteiger charge is 2.15. The van der Waals surface area contributed by atoms with Gasteiger partial charge in [0.05, 0.1) is 19.5 Å². The molecule has 4 aromatic rings. The van der Waals surface area contributed by atoms with Crippen molar-refractivity contribution >= 4 is 22.4 Å². The monoisotopic (exact) mass is 319 g/mol. The Morgan fingerprint density at radius 2 is 2.00 bits per heavy atom. The third-order valence-electron chi connectivity index (χ3n) is 4.01. The summed E-state index contributed by atoms with van der Waals surface area (Å²) in [5.41, 5.74) is 3.38. The van der Waals surface area contributed by atoms with Crippen molar-refractivity contribution in [3.8, 4) is 5.75 Å². The highest BCUT2D eigenvalue weighted by molar-refractivity contribution is 5.82. The van der Waals surface area contributed by atoms with E-state index in [1.807, 2.05) is 54.8 Å². The first-order valence-corrected chi connectivity index (χ1v) is 7.67. The van der Waals surface area contributed by atoms with Gasteiger partial charge in [-0.15, -0.1) is 0 Å². The first-order chi connectivity index (χ1) is 11.7. The van der Waals surface area contributed by atoms with Crippen LogP contribution in [0, 0.1) is 6.92 Å². The van der Waals surface area contributed by atoms with Crippen molar-refractivity contribution < 1.29 is 9.42 Å². The van der Waals surface area contributed by atoms with Crippen molar-refractivity contribution in [1.29, 1.82) is 0 Å². The third-order valence-corrected chi connectivity index (χ3v) is 4.01. The van der Waals surface area contributed by atoms with Crippen LogP contribution in [-0.2, 0) is 7.05 Å². The lowest BCUT2D eigenvalue weighted by molar-refractivity contribution is -0.711. The molecular formula is C18H17N5O. The second-order valence-corrected chi connectivity index (χ2v) is 5.59. The molecule has 2 aromatic carbocycles. The lowest BCUT2D eigenvalue weighted by Crippen LogP contribution is -2.36. The van der Waals surface area contributed by atoms with Crippen LogP contribution in [0.3, 0.4) is 0 Å². The standard InChI is InChI=1S/C18H17N5O/c1-12-15-9-4-5-10-16(15)23-17(21-22(2)18(23)19-12)20-13-7-6-8-14(11-13)24-3/h4-11H,1-3H3. The minimum atomic E-state index is 0.587. The molecule has 2 heterocycles. The molecule has 0 saturated carbocycles. The number of ether oxygens (including phenoxy) is 1. The summed E-state index contributed by atoms with van der Waals surface area (Å²) in [6, 6.07) is 15.8. The van der Waals surface area contributed by atoms with Crippen LogP contribution in [0.15, 0.2) is 53.5 Å². The predicted molar refractivity (Wildman–Crippen MR) is 90.1 cm³/mol. The Bertz CT molecular complexity index is 1120. The lowest BCUT2D eigenvalue weighted by Gasteiger charge is -2.02. The van der Waals surface area contributed by atoms with E-state index < -0.39 is 0 Å². The number of methoxy groups -OCH3 is 1. The van der Waals surface area contributed by atoms with Crippen LogP contribution in [0.4, 0.5) is 5.69 Å². The van der Waals surface area contributed by atoms with Crippen LogP contribution in [-0.4, -0.2) is 16.5 Å². The number of aromatic nitrogens is 4. The van der Waals surface area contributed by atoms with Gasteiger partial charge in [-0.2, -0.15) is 14.2 Å². The highest BCUT2D eigenvalue weighted by atomic mass is 16.5. The van der Waals surface area contributed by atoms with Crippen molar-refractivity contribution in [3.63, 3.8) is 0 Å². The van der Waals surface area contributed by atoms with Gasteiger partial charge in [-0.25, -0.2) is 0 Å². The number of rotatable bonds is 2. The molecule has 0 N–H and O–H groups in total. The number of hydrogen-bond acceptors (Lipinski definition) is 3. The second kappa shape index (κ2) is 5.49. The molecule has 24 heavy (non-hydrogen) atoms. The van der Waals surface area contributed by atoms with Crippen molar-refractivity contribution in [2.24, 2.45) is 12.0 Å². The van der Waals surface area contributed by atoms with Crippen molar-refractivity contribution in [2.75, 3.05) is 7.11 Å². The van der Waals surface area contributed by atoms with Gasteiger partial charge in [0.15, 0.2) is 5.62 Å². The van der Waals surface area contributed by atoms with Gasteiger partial charge in [0.25, 0.3) is 0 Å². The summed E-state index contributed by atoms with van der Waals surface area (Å²) in [5, 5.41) is 5.63. The van der Waals surface area contributed by atoms with E-state index in [0.29, 0.717) is 5.62 Å². The largest absolute Gasteiger partial charge is 0.497 e. The summed E-state index contributed by atoms with van der Waals surface area (Å²) in [7, 11) is 3.52. The normalized spacial score (nSPS) is 12.2. The Balaban J connectivity index is 2.09. The molecule has 0 bridgehead atoms. The zero-order valence-electron chi connectivity index (χ0n) is 13.8. The zero-order valence-corrected chi connectivity index (χ0v) is 13.8. The molecule has 0 aliphatic carbocycles. The van der Waals surface area contributed by atoms with Crippen molar-refractivity contribution in [1.82, 2.24) is 14.5 Å². The fraction of sp³-hybridized carbons (Fsp3) is 0.167. The molecule has 6 heteroatoms. The molecule has 120 valence electrons. The van der Waals surface area contributed by atoms with E-state index in [1.165, 1.54) is 0 Å². The van der Waals surface area contributed by atoms with Crippen molar-refractivity contribution in [2.45, 2.75) is 6.92 Å². The molecular weight excluding hydrogens is 302 g/mol. The Hall–Kier alpha value is -3.15. The molecule has 0 spiro atoms. The average Bonchev–Trinajstić information content (AvgIpc) is 2.91. The number of benzene rings is 2. The Morgan fingerprint density at radius 1 is 1.17 bits per heavy atom. The van der Waals surface area contributed by atoms with E-state index in [-0.39, 0.29) is 0 Å². The molecule has 0 aliphatic heterocycles. The van der Waals surface area contributed by atoms with Crippen LogP contribution in [0.2, 0.25) is 0 Å². The van der Waals surface area contributed by atoms with Gasteiger partial charge in [0, 0.05) is 0 Å². The number of aryl methyl sites for hydroxylation is 2. The van der Waals surface area contributed by atoms with Gasteiger partial charge >= 0.3 is 5.78 Å². The van der Waals surface area contributed by atoms with E-state index in [2.05, 4.69) is 27.2 Å². The van der Waals surface area contributed by atoms with Gasteiger partial charge in [0.1, 0.15) is 17.0 Å². The number of hydrogen-bond donors (Lipinski definition) is 0. The third kappa shape index (κ3) is 2.23. The van der Waals surface area contributed by atoms with Crippen LogP contribution in [0.1, 0.15) is 5.69 Å². The SMILES string of the molecule is COc1cccc(N=c2[n-][n+](C)c3nc(C)c4ccccc4n23)c1. The quantitative estimate of drug-likeness (QED) is 0.530. The molecule has 4 rings (SSSR count). The summed E-state index contributed by atoms with van der Waals surface area (Å²) >= 11 is 0. The van der Waals surface area contributed by atoms with Gasteiger partial charge in [-0.1, -0.05) is 29.2 Å². The molecule has 2 aromatic heterocycles. The van der Waals surface area contributed by atoms with Crippen LogP contribution < -0.4 is 20.1 Å². The minimum Gasteiger partial charge on any atom is -0.497 e. The topological polar surface area (TPSA) is 56.9 Å². The van der Waals surface area contributed by atoms with Crippen LogP contribution in [0.5, 0.6) is 5.75 Å². The molecule has 0 fully saturated rings. The maximum atomic E-state index is 5.27. The fourth-order valence-corrected chi connectivity index (χ4v) is 2.85.